The zero-order valence-electron chi connectivity index (χ0n) is 12.0. The van der Waals surface area contributed by atoms with Crippen LogP contribution in [0, 0.1) is 0 Å². The summed E-state index contributed by atoms with van der Waals surface area (Å²) in [6.45, 7) is 4.26. The molecule has 1 aliphatic rings. The first-order valence-corrected chi connectivity index (χ1v) is 9.02. The van der Waals surface area contributed by atoms with Crippen LogP contribution in [-0.2, 0) is 10.0 Å². The second-order valence-electron chi connectivity index (χ2n) is 5.30. The molecule has 0 aromatic carbocycles. The predicted octanol–water partition coefficient (Wildman–Crippen LogP) is 2.14. The molecule has 2 rings (SSSR count). The number of piperidine rings is 1. The molecular formula is C14H24N2O3S. The van der Waals surface area contributed by atoms with E-state index in [0.717, 1.165) is 18.8 Å². The first-order valence-electron chi connectivity index (χ1n) is 7.37. The number of nitrogens with zero attached hydrogens (tertiary/aromatic N) is 1. The maximum atomic E-state index is 11.8. The van der Waals surface area contributed by atoms with E-state index in [9.17, 15) is 8.42 Å². The lowest BCUT2D eigenvalue weighted by atomic mass is 10.1. The highest BCUT2D eigenvalue weighted by Crippen LogP contribution is 2.24. The third-order valence-corrected chi connectivity index (χ3v) is 5.22. The largest absolute Gasteiger partial charge is 0.468 e. The summed E-state index contributed by atoms with van der Waals surface area (Å²) < 4.78 is 31.9. The fraction of sp³-hybridized carbons (Fsp3) is 0.714. The minimum Gasteiger partial charge on any atom is -0.468 e. The fourth-order valence-electron chi connectivity index (χ4n) is 2.67. The van der Waals surface area contributed by atoms with E-state index in [4.69, 9.17) is 4.42 Å². The van der Waals surface area contributed by atoms with Gasteiger partial charge in [-0.3, -0.25) is 4.90 Å². The molecule has 1 aromatic rings. The summed E-state index contributed by atoms with van der Waals surface area (Å²) in [6, 6.07) is 3.78. The summed E-state index contributed by atoms with van der Waals surface area (Å²) in [5, 5.41) is 0. The summed E-state index contributed by atoms with van der Waals surface area (Å²) >= 11 is 0. The average Bonchev–Trinajstić information content (AvgIpc) is 2.94. The van der Waals surface area contributed by atoms with Gasteiger partial charge in [0.05, 0.1) is 18.1 Å². The zero-order chi connectivity index (χ0) is 14.4. The Labute approximate surface area is 121 Å². The number of furan rings is 1. The van der Waals surface area contributed by atoms with Crippen LogP contribution in [0.15, 0.2) is 22.8 Å². The number of rotatable bonds is 7. The minimum absolute atomic E-state index is 0.00284. The number of sulfonamides is 1. The van der Waals surface area contributed by atoms with Crippen molar-refractivity contribution in [3.8, 4) is 0 Å². The molecule has 0 saturated carbocycles. The summed E-state index contributed by atoms with van der Waals surface area (Å²) in [6.07, 6.45) is 5.86. The van der Waals surface area contributed by atoms with Crippen molar-refractivity contribution in [2.75, 3.05) is 25.4 Å². The van der Waals surface area contributed by atoms with Gasteiger partial charge in [-0.05, 0) is 44.5 Å². The Morgan fingerprint density at radius 3 is 2.70 bits per heavy atom. The molecule has 1 N–H and O–H groups in total. The Hall–Kier alpha value is -0.850. The van der Waals surface area contributed by atoms with E-state index < -0.39 is 10.0 Å². The maximum absolute atomic E-state index is 11.8. The molecule has 1 aromatic heterocycles. The van der Waals surface area contributed by atoms with E-state index in [0.29, 0.717) is 13.0 Å². The summed E-state index contributed by atoms with van der Waals surface area (Å²) in [4.78, 5) is 2.32. The first-order chi connectivity index (χ1) is 9.62. The van der Waals surface area contributed by atoms with Crippen molar-refractivity contribution in [2.45, 2.75) is 38.6 Å². The second-order valence-corrected chi connectivity index (χ2v) is 7.22. The van der Waals surface area contributed by atoms with Crippen molar-refractivity contribution in [1.82, 2.24) is 9.62 Å². The van der Waals surface area contributed by atoms with Gasteiger partial charge in [-0.1, -0.05) is 13.3 Å². The Balaban J connectivity index is 2.03. The first kappa shape index (κ1) is 15.5. The SMILES string of the molecule is CCCS(=O)(=O)NCC(c1ccco1)N1CCCCC1. The molecule has 1 aliphatic heterocycles. The Morgan fingerprint density at radius 1 is 1.35 bits per heavy atom. The number of hydrogen-bond donors (Lipinski definition) is 1. The van der Waals surface area contributed by atoms with Gasteiger partial charge >= 0.3 is 0 Å². The lowest BCUT2D eigenvalue weighted by Gasteiger charge is -2.33. The smallest absolute Gasteiger partial charge is 0.211 e. The molecule has 114 valence electrons. The van der Waals surface area contributed by atoms with E-state index >= 15 is 0 Å². The van der Waals surface area contributed by atoms with Crippen molar-refractivity contribution in [1.29, 1.82) is 0 Å². The molecule has 5 nitrogen and oxygen atoms in total. The normalized spacial score (nSPS) is 19.1. The lowest BCUT2D eigenvalue weighted by molar-refractivity contribution is 0.147. The maximum Gasteiger partial charge on any atom is 0.211 e. The van der Waals surface area contributed by atoms with Gasteiger partial charge in [0, 0.05) is 6.54 Å². The minimum atomic E-state index is -3.17. The molecular weight excluding hydrogens is 276 g/mol. The monoisotopic (exact) mass is 300 g/mol. The van der Waals surface area contributed by atoms with Crippen molar-refractivity contribution in [3.05, 3.63) is 24.2 Å². The van der Waals surface area contributed by atoms with E-state index in [1.807, 2.05) is 19.1 Å². The van der Waals surface area contributed by atoms with Gasteiger partial charge in [0.1, 0.15) is 5.76 Å². The zero-order valence-corrected chi connectivity index (χ0v) is 12.9. The Morgan fingerprint density at radius 2 is 2.10 bits per heavy atom. The molecule has 2 heterocycles. The summed E-state index contributed by atoms with van der Waals surface area (Å²) in [5.41, 5.74) is 0. The highest BCUT2D eigenvalue weighted by atomic mass is 32.2. The molecule has 0 radical (unpaired) electrons. The van der Waals surface area contributed by atoms with Crippen molar-refractivity contribution < 1.29 is 12.8 Å². The quantitative estimate of drug-likeness (QED) is 0.838. The molecule has 1 saturated heterocycles. The van der Waals surface area contributed by atoms with Gasteiger partial charge in [0.15, 0.2) is 0 Å². The third-order valence-electron chi connectivity index (χ3n) is 3.67. The van der Waals surface area contributed by atoms with Crippen LogP contribution < -0.4 is 4.72 Å². The van der Waals surface area contributed by atoms with E-state index in [-0.39, 0.29) is 11.8 Å². The highest BCUT2D eigenvalue weighted by Gasteiger charge is 2.25. The van der Waals surface area contributed by atoms with Crippen LogP contribution in [0.5, 0.6) is 0 Å². The predicted molar refractivity (Wildman–Crippen MR) is 79.0 cm³/mol. The number of likely N-dealkylation sites (tertiary alicyclic amines) is 1. The van der Waals surface area contributed by atoms with Gasteiger partial charge in [0.2, 0.25) is 10.0 Å². The summed E-state index contributed by atoms with van der Waals surface area (Å²) in [7, 11) is -3.17. The van der Waals surface area contributed by atoms with Crippen LogP contribution in [0.1, 0.15) is 44.4 Å². The third kappa shape index (κ3) is 4.33. The average molecular weight is 300 g/mol. The van der Waals surface area contributed by atoms with Gasteiger partial charge in [-0.2, -0.15) is 0 Å². The standard InChI is InChI=1S/C14H24N2O3S/c1-2-11-20(17,18)15-12-13(14-7-6-10-19-14)16-8-4-3-5-9-16/h6-7,10,13,15H,2-5,8-9,11-12H2,1H3. The van der Waals surface area contributed by atoms with Gasteiger partial charge in [-0.25, -0.2) is 13.1 Å². The van der Waals surface area contributed by atoms with Crippen LogP contribution in [0.2, 0.25) is 0 Å². The van der Waals surface area contributed by atoms with Crippen LogP contribution in [-0.4, -0.2) is 38.7 Å². The molecule has 0 aliphatic carbocycles. The van der Waals surface area contributed by atoms with Gasteiger partial charge < -0.3 is 4.42 Å². The van der Waals surface area contributed by atoms with Crippen molar-refractivity contribution in [3.63, 3.8) is 0 Å². The van der Waals surface area contributed by atoms with Crippen LogP contribution >= 0.6 is 0 Å². The lowest BCUT2D eigenvalue weighted by Crippen LogP contribution is -2.41. The topological polar surface area (TPSA) is 62.6 Å². The molecule has 0 amide bonds. The van der Waals surface area contributed by atoms with E-state index in [1.165, 1.54) is 19.3 Å². The van der Waals surface area contributed by atoms with Gasteiger partial charge in [-0.15, -0.1) is 0 Å². The Kier molecular flexibility index (Phi) is 5.63. The number of hydrogen-bond acceptors (Lipinski definition) is 4. The second kappa shape index (κ2) is 7.24. The molecule has 6 heteroatoms. The molecule has 1 fully saturated rings. The molecule has 1 atom stereocenters. The van der Waals surface area contributed by atoms with Gasteiger partial charge in [0.25, 0.3) is 0 Å². The van der Waals surface area contributed by atoms with Crippen molar-refractivity contribution in [2.24, 2.45) is 0 Å². The Bertz CT molecular complexity index is 479. The van der Waals surface area contributed by atoms with Crippen molar-refractivity contribution >= 4 is 10.0 Å². The van der Waals surface area contributed by atoms with Crippen LogP contribution in [0.3, 0.4) is 0 Å². The molecule has 1 unspecified atom stereocenters. The molecule has 0 spiro atoms. The van der Waals surface area contributed by atoms with Crippen LogP contribution in [0.25, 0.3) is 0 Å². The molecule has 0 bridgehead atoms. The highest BCUT2D eigenvalue weighted by molar-refractivity contribution is 7.89. The van der Waals surface area contributed by atoms with E-state index in [1.54, 1.807) is 6.26 Å². The summed E-state index contributed by atoms with van der Waals surface area (Å²) in [5.74, 6) is 1.02. The number of nitrogens with one attached hydrogen (secondary N) is 1. The fourth-order valence-corrected chi connectivity index (χ4v) is 3.76. The van der Waals surface area contributed by atoms with E-state index in [2.05, 4.69) is 9.62 Å². The van der Waals surface area contributed by atoms with Crippen LogP contribution in [0.4, 0.5) is 0 Å². The molecule has 20 heavy (non-hydrogen) atoms.